The molecule has 0 aliphatic heterocycles. The molecule has 4 aliphatic carbocycles. The molecule has 5 rings (SSSR count). The molecule has 0 saturated heterocycles. The van der Waals surface area contributed by atoms with Crippen molar-refractivity contribution in [1.29, 1.82) is 0 Å². The van der Waals surface area contributed by atoms with Crippen LogP contribution in [-0.4, -0.2) is 53.8 Å². The lowest BCUT2D eigenvalue weighted by Crippen LogP contribution is -2.65. The number of ketones is 1. The van der Waals surface area contributed by atoms with Crippen molar-refractivity contribution in [3.63, 3.8) is 0 Å². The van der Waals surface area contributed by atoms with Gasteiger partial charge in [-0.3, -0.25) is 9.59 Å². The van der Waals surface area contributed by atoms with Gasteiger partial charge in [-0.2, -0.15) is 22.0 Å². The summed E-state index contributed by atoms with van der Waals surface area (Å²) in [5.74, 6) is -7.18. The molecular weight excluding hydrogens is 601 g/mol. The van der Waals surface area contributed by atoms with E-state index in [0.29, 0.717) is 36.8 Å². The highest BCUT2D eigenvalue weighted by atomic mass is 19.4. The van der Waals surface area contributed by atoms with E-state index < -0.39 is 53.4 Å². The summed E-state index contributed by atoms with van der Waals surface area (Å²) < 4.78 is 81.6. The van der Waals surface area contributed by atoms with Gasteiger partial charge in [-0.1, -0.05) is 36.8 Å². The van der Waals surface area contributed by atoms with E-state index in [4.69, 9.17) is 9.47 Å². The first-order valence-electron chi connectivity index (χ1n) is 15.4. The standard InChI is InChI=1S/C33H38F5NO6/c1-3-44-27(41)13-15-39-29(42)45-18-19-4-6-20(7-5-19)25-17-30(2)26(12-14-31(30,43)32(34,35)33(36,37)38)24-10-8-21-16-22(40)9-11-23(21)28(24)25/h4-7,16,24-26,43H,3,8-15,17-18H2,1-2H3,(H,39,42)/t24?,25-,26?,30+,31+/m1/s1. The monoisotopic (exact) mass is 639 g/mol. The van der Waals surface area contributed by atoms with Gasteiger partial charge in [0.2, 0.25) is 0 Å². The van der Waals surface area contributed by atoms with E-state index in [1.807, 2.05) is 0 Å². The second-order valence-corrected chi connectivity index (χ2v) is 12.8. The zero-order chi connectivity index (χ0) is 32.8. The Morgan fingerprint density at radius 2 is 1.76 bits per heavy atom. The zero-order valence-electron chi connectivity index (χ0n) is 25.3. The number of halogens is 5. The first-order chi connectivity index (χ1) is 21.1. The minimum Gasteiger partial charge on any atom is -0.466 e. The molecule has 1 aromatic rings. The number of nitrogens with one attached hydrogen (secondary N) is 1. The Bertz CT molecular complexity index is 1400. The zero-order valence-corrected chi connectivity index (χ0v) is 25.3. The van der Waals surface area contributed by atoms with E-state index >= 15 is 8.78 Å². The normalized spacial score (nSPS) is 29.7. The van der Waals surface area contributed by atoms with Gasteiger partial charge < -0.3 is 19.9 Å². The predicted molar refractivity (Wildman–Crippen MR) is 152 cm³/mol. The van der Waals surface area contributed by atoms with E-state index in [2.05, 4.69) is 5.32 Å². The number of alkyl halides is 5. The van der Waals surface area contributed by atoms with Crippen LogP contribution < -0.4 is 5.32 Å². The third kappa shape index (κ3) is 5.79. The molecule has 2 fully saturated rings. The molecule has 2 unspecified atom stereocenters. The molecule has 1 amide bonds. The minimum atomic E-state index is -5.91. The first kappa shape index (κ1) is 33.1. The van der Waals surface area contributed by atoms with E-state index in [0.717, 1.165) is 16.7 Å². The Labute approximate surface area is 258 Å². The summed E-state index contributed by atoms with van der Waals surface area (Å²) in [4.78, 5) is 35.7. The number of ether oxygens (including phenoxy) is 2. The highest BCUT2D eigenvalue weighted by Gasteiger charge is 2.79. The fourth-order valence-corrected chi connectivity index (χ4v) is 8.26. The van der Waals surface area contributed by atoms with Gasteiger partial charge in [0.25, 0.3) is 0 Å². The number of hydrogen-bond donors (Lipinski definition) is 2. The molecule has 0 spiro atoms. The molecule has 4 aliphatic rings. The van der Waals surface area contributed by atoms with Gasteiger partial charge in [0, 0.05) is 24.3 Å². The smallest absolute Gasteiger partial charge is 0.456 e. The lowest BCUT2D eigenvalue weighted by atomic mass is 9.50. The predicted octanol–water partition coefficient (Wildman–Crippen LogP) is 6.69. The molecule has 2 N–H and O–H groups in total. The molecule has 7 nitrogen and oxygen atoms in total. The molecule has 5 atom stereocenters. The largest absolute Gasteiger partial charge is 0.466 e. The number of aliphatic hydroxyl groups is 1. The molecule has 12 heteroatoms. The third-order valence-corrected chi connectivity index (χ3v) is 10.4. The average Bonchev–Trinajstić information content (AvgIpc) is 3.26. The molecule has 0 radical (unpaired) electrons. The van der Waals surface area contributed by atoms with Crippen LogP contribution in [-0.2, 0) is 25.7 Å². The topological polar surface area (TPSA) is 102 Å². The third-order valence-electron chi connectivity index (χ3n) is 10.4. The van der Waals surface area contributed by atoms with Gasteiger partial charge in [0.1, 0.15) is 12.2 Å². The van der Waals surface area contributed by atoms with Gasteiger partial charge in [0.05, 0.1) is 13.0 Å². The Kier molecular flexibility index (Phi) is 8.93. The first-order valence-corrected chi connectivity index (χ1v) is 15.4. The number of allylic oxidation sites excluding steroid dienone is 4. The van der Waals surface area contributed by atoms with Crippen LogP contribution in [0.15, 0.2) is 47.1 Å². The van der Waals surface area contributed by atoms with Crippen LogP contribution in [0.3, 0.4) is 0 Å². The molecule has 0 bridgehead atoms. The number of fused-ring (bicyclic) bond motifs is 4. The minimum absolute atomic E-state index is 0.00721. The summed E-state index contributed by atoms with van der Waals surface area (Å²) in [6.45, 7) is 3.24. The number of esters is 1. The van der Waals surface area contributed by atoms with Crippen molar-refractivity contribution < 1.29 is 50.9 Å². The molecule has 0 aromatic heterocycles. The number of hydrogen-bond acceptors (Lipinski definition) is 6. The maximum Gasteiger partial charge on any atom is 0.456 e. The molecule has 45 heavy (non-hydrogen) atoms. The molecule has 0 heterocycles. The number of carbonyl (C=O) groups is 3. The average molecular weight is 640 g/mol. The van der Waals surface area contributed by atoms with Gasteiger partial charge >= 0.3 is 24.2 Å². The van der Waals surface area contributed by atoms with E-state index in [1.165, 1.54) is 6.92 Å². The van der Waals surface area contributed by atoms with Gasteiger partial charge in [-0.05, 0) is 85.6 Å². The van der Waals surface area contributed by atoms with Crippen molar-refractivity contribution in [2.75, 3.05) is 13.2 Å². The van der Waals surface area contributed by atoms with Crippen LogP contribution in [0.1, 0.15) is 82.3 Å². The number of benzene rings is 1. The molecular formula is C33H38F5NO6. The van der Waals surface area contributed by atoms with Crippen LogP contribution in [0.25, 0.3) is 0 Å². The van der Waals surface area contributed by atoms with Crippen molar-refractivity contribution >= 4 is 17.8 Å². The van der Waals surface area contributed by atoms with Crippen molar-refractivity contribution in [2.45, 2.75) is 95.4 Å². The van der Waals surface area contributed by atoms with Crippen LogP contribution in [0, 0.1) is 17.3 Å². The van der Waals surface area contributed by atoms with Gasteiger partial charge in [-0.15, -0.1) is 0 Å². The fraction of sp³-hybridized carbons (Fsp3) is 0.606. The van der Waals surface area contributed by atoms with Crippen LogP contribution in [0.2, 0.25) is 0 Å². The summed E-state index contributed by atoms with van der Waals surface area (Å²) >= 11 is 0. The molecule has 1 aromatic carbocycles. The lowest BCUT2D eigenvalue weighted by molar-refractivity contribution is -0.362. The Balaban J connectivity index is 1.42. The summed E-state index contributed by atoms with van der Waals surface area (Å²) in [5, 5.41) is 13.9. The van der Waals surface area contributed by atoms with Crippen LogP contribution in [0.4, 0.5) is 26.7 Å². The van der Waals surface area contributed by atoms with Crippen LogP contribution in [0.5, 0.6) is 0 Å². The number of rotatable bonds is 8. The molecule has 246 valence electrons. The van der Waals surface area contributed by atoms with Crippen molar-refractivity contribution in [2.24, 2.45) is 17.3 Å². The quantitative estimate of drug-likeness (QED) is 0.243. The van der Waals surface area contributed by atoms with Crippen molar-refractivity contribution in [1.82, 2.24) is 5.32 Å². The highest BCUT2D eigenvalue weighted by molar-refractivity contribution is 5.93. The molecule has 2 saturated carbocycles. The lowest BCUT2D eigenvalue weighted by Gasteiger charge is -2.56. The maximum absolute atomic E-state index is 15.2. The number of amides is 1. The van der Waals surface area contributed by atoms with Crippen molar-refractivity contribution in [3.8, 4) is 0 Å². The van der Waals surface area contributed by atoms with E-state index in [-0.39, 0.29) is 50.7 Å². The Morgan fingerprint density at radius 1 is 1.04 bits per heavy atom. The van der Waals surface area contributed by atoms with Gasteiger partial charge in [0.15, 0.2) is 5.78 Å². The number of alkyl carbamates (subject to hydrolysis) is 1. The maximum atomic E-state index is 15.2. The highest BCUT2D eigenvalue weighted by Crippen LogP contribution is 2.70. The van der Waals surface area contributed by atoms with E-state index in [1.54, 1.807) is 37.3 Å². The van der Waals surface area contributed by atoms with Crippen LogP contribution >= 0.6 is 0 Å². The summed E-state index contributed by atoms with van der Waals surface area (Å²) in [7, 11) is 0. The Hall–Kier alpha value is -3.28. The SMILES string of the molecule is CCOC(=O)CCNC(=O)OCc1ccc([C@H]2C[C@@]3(C)C(CC[C@@]3(O)C(F)(F)C(F)(F)F)C3CCC4=CC(=O)CCC4=C32)cc1. The summed E-state index contributed by atoms with van der Waals surface area (Å²) in [6, 6.07) is 6.90. The second kappa shape index (κ2) is 12.1. The van der Waals surface area contributed by atoms with Crippen molar-refractivity contribution in [3.05, 3.63) is 58.2 Å². The summed E-state index contributed by atoms with van der Waals surface area (Å²) in [6.07, 6.45) is -3.93. The fourth-order valence-electron chi connectivity index (χ4n) is 8.26. The number of carbonyl (C=O) groups excluding carboxylic acids is 3. The summed E-state index contributed by atoms with van der Waals surface area (Å²) in [5.41, 5.74) is -0.839. The van der Waals surface area contributed by atoms with Gasteiger partial charge in [-0.25, -0.2) is 4.79 Å². The van der Waals surface area contributed by atoms with E-state index in [9.17, 15) is 32.7 Å². The second-order valence-electron chi connectivity index (χ2n) is 12.8. The Morgan fingerprint density at radius 3 is 2.42 bits per heavy atom.